The van der Waals surface area contributed by atoms with E-state index in [2.05, 4.69) is 9.56 Å². The van der Waals surface area contributed by atoms with Crippen molar-refractivity contribution in [1.29, 1.82) is 0 Å². The predicted molar refractivity (Wildman–Crippen MR) is 86.5 cm³/mol. The zero-order valence-corrected chi connectivity index (χ0v) is 13.7. The molecule has 0 fully saturated rings. The summed E-state index contributed by atoms with van der Waals surface area (Å²) in [6.07, 6.45) is -8.54. The molecule has 2 aromatic rings. The lowest BCUT2D eigenvalue weighted by molar-refractivity contribution is -0.138. The third-order valence-corrected chi connectivity index (χ3v) is 3.79. The molecule has 2 aromatic carbocycles. The fourth-order valence-electron chi connectivity index (χ4n) is 2.55. The summed E-state index contributed by atoms with van der Waals surface area (Å²) in [5, 5.41) is 0. The lowest BCUT2D eigenvalue weighted by Gasteiger charge is -2.30. The summed E-state index contributed by atoms with van der Waals surface area (Å²) in [4.78, 5) is 3.01. The molecule has 0 spiro atoms. The average Bonchev–Trinajstić information content (AvgIpc) is 2.59. The highest BCUT2D eigenvalue weighted by Gasteiger charge is 2.35. The molecule has 0 aromatic heterocycles. The Kier molecular flexibility index (Phi) is 4.72. The number of hydrogen-bond acceptors (Lipinski definition) is 2. The third kappa shape index (κ3) is 4.34. The molecule has 0 N–H and O–H groups in total. The number of alkyl halides is 6. The second kappa shape index (κ2) is 6.64. The van der Waals surface area contributed by atoms with Gasteiger partial charge >= 0.3 is 19.4 Å². The van der Waals surface area contributed by atoms with Gasteiger partial charge in [-0.1, -0.05) is 24.3 Å². The molecule has 0 amide bonds. The van der Waals surface area contributed by atoms with Crippen LogP contribution in [0.2, 0.25) is 0 Å². The summed E-state index contributed by atoms with van der Waals surface area (Å²) in [5.41, 5.74) is -3.29. The topological polar surface area (TPSA) is 21.6 Å². The van der Waals surface area contributed by atoms with Crippen LogP contribution >= 0.6 is 0 Å². The van der Waals surface area contributed by atoms with E-state index in [1.807, 2.05) is 0 Å². The van der Waals surface area contributed by atoms with Crippen LogP contribution in [0.25, 0.3) is 5.76 Å². The Balaban J connectivity index is 2.07. The molecule has 2 nitrogen and oxygen atoms in total. The van der Waals surface area contributed by atoms with Crippen molar-refractivity contribution in [3.05, 3.63) is 76.9 Å². The van der Waals surface area contributed by atoms with Crippen molar-refractivity contribution in [3.8, 4) is 0 Å². The maximum atomic E-state index is 13.9. The number of rotatable bonds is 2. The molecule has 11 heteroatoms. The van der Waals surface area contributed by atoms with Crippen molar-refractivity contribution in [2.24, 2.45) is 4.90 Å². The first-order valence-corrected chi connectivity index (χ1v) is 7.71. The van der Waals surface area contributed by atoms with Gasteiger partial charge in [0.2, 0.25) is 0 Å². The lowest BCUT2D eigenvalue weighted by Crippen LogP contribution is -2.30. The lowest BCUT2D eigenvalue weighted by atomic mass is 9.96. The van der Waals surface area contributed by atoms with E-state index in [-0.39, 0.29) is 11.1 Å². The number of allylic oxidation sites excluding steroid dienone is 1. The molecule has 3 rings (SSSR count). The van der Waals surface area contributed by atoms with Crippen molar-refractivity contribution >= 4 is 18.5 Å². The van der Waals surface area contributed by atoms with Crippen LogP contribution in [-0.2, 0) is 17.0 Å². The number of halogens is 8. The van der Waals surface area contributed by atoms with Crippen molar-refractivity contribution in [3.63, 3.8) is 0 Å². The monoisotopic (exact) mass is 406 g/mol. The van der Waals surface area contributed by atoms with Gasteiger partial charge in [-0.2, -0.15) is 26.3 Å². The van der Waals surface area contributed by atoms with Crippen LogP contribution in [0.3, 0.4) is 0 Å². The first-order valence-electron chi connectivity index (χ1n) is 7.71. The molecule has 1 heterocycles. The highest BCUT2D eigenvalue weighted by atomic mass is 19.4. The minimum atomic E-state index is -4.88. The number of hydrogen-bond donors (Lipinski definition) is 0. The van der Waals surface area contributed by atoms with Crippen molar-refractivity contribution in [2.45, 2.75) is 12.4 Å². The number of nitrogens with zero attached hydrogens (tertiary/aromatic N) is 1. The van der Waals surface area contributed by atoms with E-state index in [4.69, 9.17) is 0 Å². The van der Waals surface area contributed by atoms with Gasteiger partial charge in [-0.05, 0) is 35.9 Å². The van der Waals surface area contributed by atoms with Crippen LogP contribution in [0.1, 0.15) is 22.3 Å². The van der Waals surface area contributed by atoms with E-state index >= 15 is 0 Å². The Morgan fingerprint density at radius 1 is 0.750 bits per heavy atom. The first-order chi connectivity index (χ1) is 12.9. The Hall–Kier alpha value is -2.85. The van der Waals surface area contributed by atoms with Crippen LogP contribution in [0, 0.1) is 0 Å². The Morgan fingerprint density at radius 2 is 1.25 bits per heavy atom. The van der Waals surface area contributed by atoms with Crippen LogP contribution in [-0.4, -0.2) is 12.7 Å². The minimum absolute atomic E-state index is 0.274. The van der Waals surface area contributed by atoms with E-state index in [0.29, 0.717) is 12.1 Å². The van der Waals surface area contributed by atoms with Gasteiger partial charge in [-0.25, -0.2) is 0 Å². The standard InChI is InChI=1S/C17H9BF8NO/c19-16(20,21)12-5-1-3-10(7-12)14-9-15(28-18(25,26)27-14)11-4-2-6-13(8-11)17(22,23)24/h1-9H/q-1. The molecule has 0 saturated carbocycles. The van der Waals surface area contributed by atoms with Gasteiger partial charge in [-0.15, -0.1) is 0 Å². The second-order valence-corrected chi connectivity index (χ2v) is 5.86. The highest BCUT2D eigenvalue weighted by molar-refractivity contribution is 6.61. The molecule has 148 valence electrons. The van der Waals surface area contributed by atoms with Gasteiger partial charge in [0.1, 0.15) is 0 Å². The quantitative estimate of drug-likeness (QED) is 0.446. The Bertz CT molecular complexity index is 962. The first kappa shape index (κ1) is 19.9. The Labute approximate surface area is 153 Å². The smallest absolute Gasteiger partial charge is 0.638 e. The molecule has 0 radical (unpaired) electrons. The van der Waals surface area contributed by atoms with Crippen molar-refractivity contribution in [1.82, 2.24) is 0 Å². The van der Waals surface area contributed by atoms with Crippen LogP contribution in [0.5, 0.6) is 0 Å². The van der Waals surface area contributed by atoms with E-state index in [9.17, 15) is 35.0 Å². The molecular formula is C17H9BF8NO-. The largest absolute Gasteiger partial charge is 0.643 e. The fourth-order valence-corrected chi connectivity index (χ4v) is 2.55. The molecule has 1 aliphatic rings. The summed E-state index contributed by atoms with van der Waals surface area (Å²) in [6.45, 7) is 0. The molecule has 0 atom stereocenters. The second-order valence-electron chi connectivity index (χ2n) is 5.86. The highest BCUT2D eigenvalue weighted by Crippen LogP contribution is 2.35. The zero-order chi connectivity index (χ0) is 20.7. The normalized spacial score (nSPS) is 16.9. The predicted octanol–water partition coefficient (Wildman–Crippen LogP) is 5.96. The maximum Gasteiger partial charge on any atom is 0.638 e. The molecule has 28 heavy (non-hydrogen) atoms. The van der Waals surface area contributed by atoms with Gasteiger partial charge in [-0.3, -0.25) is 0 Å². The van der Waals surface area contributed by atoms with Crippen molar-refractivity contribution < 1.29 is 39.6 Å². The fraction of sp³-hybridized carbons (Fsp3) is 0.118. The molecule has 0 bridgehead atoms. The van der Waals surface area contributed by atoms with Crippen molar-refractivity contribution in [2.75, 3.05) is 0 Å². The number of benzene rings is 2. The summed E-state index contributed by atoms with van der Waals surface area (Å²) >= 11 is 0. The summed E-state index contributed by atoms with van der Waals surface area (Å²) in [6, 6.07) is 6.99. The van der Waals surface area contributed by atoms with Gasteiger partial charge in [0.05, 0.1) is 16.9 Å². The Morgan fingerprint density at radius 3 is 1.79 bits per heavy atom. The van der Waals surface area contributed by atoms with Gasteiger partial charge < -0.3 is 18.2 Å². The van der Waals surface area contributed by atoms with Gasteiger partial charge in [0, 0.05) is 11.3 Å². The summed E-state index contributed by atoms with van der Waals surface area (Å²) in [5.74, 6) is -0.626. The van der Waals surface area contributed by atoms with E-state index in [1.165, 1.54) is 0 Å². The van der Waals surface area contributed by atoms with Gasteiger partial charge in [0.15, 0.2) is 0 Å². The van der Waals surface area contributed by atoms with E-state index < -0.39 is 42.0 Å². The van der Waals surface area contributed by atoms with Gasteiger partial charge in [0.25, 0.3) is 0 Å². The molecular weight excluding hydrogens is 397 g/mol. The zero-order valence-electron chi connectivity index (χ0n) is 13.7. The maximum absolute atomic E-state index is 13.9. The molecule has 0 saturated heterocycles. The van der Waals surface area contributed by atoms with E-state index in [1.54, 1.807) is 0 Å². The summed E-state index contributed by atoms with van der Waals surface area (Å²) in [7, 11) is -4.88. The summed E-state index contributed by atoms with van der Waals surface area (Å²) < 4.78 is 109. The molecule has 0 aliphatic carbocycles. The third-order valence-electron chi connectivity index (χ3n) is 3.79. The van der Waals surface area contributed by atoms with Crippen LogP contribution < -0.4 is 0 Å². The SMILES string of the molecule is F[B-]1(F)N=C(c2cccc(C(F)(F)F)c2)C=C(c2cccc(C(F)(F)F)c2)O1. The van der Waals surface area contributed by atoms with Crippen LogP contribution in [0.4, 0.5) is 35.0 Å². The minimum Gasteiger partial charge on any atom is -0.643 e. The average molecular weight is 406 g/mol. The van der Waals surface area contributed by atoms with E-state index in [0.717, 1.165) is 42.5 Å². The van der Waals surface area contributed by atoms with Crippen LogP contribution in [0.15, 0.2) is 59.5 Å². The molecule has 1 aliphatic heterocycles. The molecule has 0 unspecified atom stereocenters.